The summed E-state index contributed by atoms with van der Waals surface area (Å²) in [5, 5.41) is 14.6. The van der Waals surface area contributed by atoms with Gasteiger partial charge in [0.1, 0.15) is 11.7 Å². The van der Waals surface area contributed by atoms with Gasteiger partial charge >= 0.3 is 5.97 Å². The van der Waals surface area contributed by atoms with Crippen LogP contribution in [0.2, 0.25) is 5.02 Å². The van der Waals surface area contributed by atoms with Crippen LogP contribution in [0.15, 0.2) is 18.2 Å². The maximum Gasteiger partial charge on any atom is 0.330 e. The highest BCUT2D eigenvalue weighted by Crippen LogP contribution is 2.32. The van der Waals surface area contributed by atoms with Gasteiger partial charge in [0, 0.05) is 30.7 Å². The van der Waals surface area contributed by atoms with E-state index >= 15 is 0 Å². The molecule has 0 aromatic heterocycles. The molecular formula is C13H16ClN3O4. The van der Waals surface area contributed by atoms with Gasteiger partial charge in [-0.3, -0.25) is 10.1 Å². The van der Waals surface area contributed by atoms with Gasteiger partial charge < -0.3 is 15.0 Å². The highest BCUT2D eigenvalue weighted by molar-refractivity contribution is 6.30. The molecule has 1 N–H and O–H groups in total. The maximum absolute atomic E-state index is 12.0. The predicted octanol–water partition coefficient (Wildman–Crippen LogP) is 1.59. The number of hydrogen-bond donors (Lipinski definition) is 1. The average molecular weight is 314 g/mol. The number of esters is 1. The fourth-order valence-electron chi connectivity index (χ4n) is 2.33. The summed E-state index contributed by atoms with van der Waals surface area (Å²) in [6.07, 6.45) is 0. The molecule has 7 nitrogen and oxygen atoms in total. The van der Waals surface area contributed by atoms with E-state index in [0.29, 0.717) is 25.3 Å². The van der Waals surface area contributed by atoms with Crippen LogP contribution in [-0.2, 0) is 9.53 Å². The second-order valence-corrected chi connectivity index (χ2v) is 4.99. The first kappa shape index (κ1) is 15.5. The van der Waals surface area contributed by atoms with Gasteiger partial charge in [0.2, 0.25) is 0 Å². The number of anilines is 1. The van der Waals surface area contributed by atoms with Crippen LogP contribution in [0.4, 0.5) is 11.4 Å². The van der Waals surface area contributed by atoms with Gasteiger partial charge in [-0.1, -0.05) is 11.6 Å². The van der Waals surface area contributed by atoms with Crippen molar-refractivity contribution in [3.63, 3.8) is 0 Å². The molecule has 0 saturated carbocycles. The first-order valence-electron chi connectivity index (χ1n) is 6.62. The average Bonchev–Trinajstić information content (AvgIpc) is 2.47. The van der Waals surface area contributed by atoms with Crippen LogP contribution in [0.25, 0.3) is 0 Å². The monoisotopic (exact) mass is 313 g/mol. The van der Waals surface area contributed by atoms with Gasteiger partial charge in [-0.25, -0.2) is 4.79 Å². The summed E-state index contributed by atoms with van der Waals surface area (Å²) >= 11 is 5.82. The molecule has 0 radical (unpaired) electrons. The van der Waals surface area contributed by atoms with Crippen molar-refractivity contribution in [1.29, 1.82) is 0 Å². The van der Waals surface area contributed by atoms with Gasteiger partial charge in [-0.15, -0.1) is 0 Å². The number of rotatable bonds is 4. The van der Waals surface area contributed by atoms with Crippen molar-refractivity contribution in [3.05, 3.63) is 33.3 Å². The maximum atomic E-state index is 12.0. The lowest BCUT2D eigenvalue weighted by Crippen LogP contribution is -2.55. The van der Waals surface area contributed by atoms with Crippen LogP contribution in [0, 0.1) is 10.1 Å². The Hall–Kier alpha value is -1.86. The Morgan fingerprint density at radius 2 is 2.38 bits per heavy atom. The first-order chi connectivity index (χ1) is 10.0. The summed E-state index contributed by atoms with van der Waals surface area (Å²) < 4.78 is 5.04. The first-order valence-corrected chi connectivity index (χ1v) is 7.00. The molecule has 1 aliphatic heterocycles. The summed E-state index contributed by atoms with van der Waals surface area (Å²) in [5.41, 5.74) is 0.266. The van der Waals surface area contributed by atoms with E-state index in [4.69, 9.17) is 16.3 Å². The van der Waals surface area contributed by atoms with Crippen molar-refractivity contribution in [2.45, 2.75) is 13.0 Å². The molecule has 0 spiro atoms. The quantitative estimate of drug-likeness (QED) is 0.516. The van der Waals surface area contributed by atoms with E-state index in [0.717, 1.165) is 0 Å². The smallest absolute Gasteiger partial charge is 0.330 e. The van der Waals surface area contributed by atoms with Crippen molar-refractivity contribution in [2.24, 2.45) is 0 Å². The van der Waals surface area contributed by atoms with E-state index in [9.17, 15) is 14.9 Å². The second kappa shape index (κ2) is 6.73. The van der Waals surface area contributed by atoms with Crippen molar-refractivity contribution in [1.82, 2.24) is 5.32 Å². The lowest BCUT2D eigenvalue weighted by molar-refractivity contribution is -0.384. The van der Waals surface area contributed by atoms with E-state index in [-0.39, 0.29) is 17.3 Å². The molecule has 1 saturated heterocycles. The van der Waals surface area contributed by atoms with Crippen LogP contribution >= 0.6 is 11.6 Å². The minimum atomic E-state index is -0.585. The number of piperazine rings is 1. The molecule has 0 amide bonds. The highest BCUT2D eigenvalue weighted by atomic mass is 35.5. The van der Waals surface area contributed by atoms with Crippen molar-refractivity contribution >= 4 is 28.9 Å². The van der Waals surface area contributed by atoms with E-state index < -0.39 is 16.9 Å². The van der Waals surface area contributed by atoms with Gasteiger partial charge in [0.05, 0.1) is 11.5 Å². The molecule has 1 aliphatic rings. The standard InChI is InChI=1S/C13H16ClN3O4/c1-2-21-13(18)12-8-15-5-6-16(12)10-4-3-9(14)7-11(10)17(19)20/h3-4,7,12,15H,2,5-6,8H2,1H3. The van der Waals surface area contributed by atoms with E-state index in [1.807, 2.05) is 0 Å². The van der Waals surface area contributed by atoms with Crippen LogP contribution < -0.4 is 10.2 Å². The topological polar surface area (TPSA) is 84.7 Å². The number of ether oxygens (including phenoxy) is 1. The number of hydrogen-bond acceptors (Lipinski definition) is 6. The zero-order valence-corrected chi connectivity index (χ0v) is 12.3. The molecule has 114 valence electrons. The minimum Gasteiger partial charge on any atom is -0.464 e. The predicted molar refractivity (Wildman–Crippen MR) is 78.7 cm³/mol. The van der Waals surface area contributed by atoms with Crippen LogP contribution in [-0.4, -0.2) is 43.2 Å². The molecule has 1 aromatic rings. The summed E-state index contributed by atoms with van der Waals surface area (Å²) in [4.78, 5) is 24.4. The molecule has 1 aromatic carbocycles. The van der Waals surface area contributed by atoms with Crippen LogP contribution in [0.3, 0.4) is 0 Å². The van der Waals surface area contributed by atoms with Crippen molar-refractivity contribution < 1.29 is 14.5 Å². The van der Waals surface area contributed by atoms with E-state index in [1.54, 1.807) is 24.0 Å². The molecule has 2 rings (SSSR count). The Bertz CT molecular complexity index is 552. The number of benzene rings is 1. The third kappa shape index (κ3) is 3.43. The third-order valence-electron chi connectivity index (χ3n) is 3.25. The number of nitrogens with zero attached hydrogens (tertiary/aromatic N) is 2. The molecule has 8 heteroatoms. The summed E-state index contributed by atoms with van der Waals surface area (Å²) in [5.74, 6) is -0.394. The van der Waals surface area contributed by atoms with Crippen molar-refractivity contribution in [2.75, 3.05) is 31.1 Å². The highest BCUT2D eigenvalue weighted by Gasteiger charge is 2.33. The number of nitrogens with one attached hydrogen (secondary N) is 1. The van der Waals surface area contributed by atoms with Gasteiger partial charge in [0.25, 0.3) is 5.69 Å². The lowest BCUT2D eigenvalue weighted by Gasteiger charge is -2.35. The van der Waals surface area contributed by atoms with E-state index in [2.05, 4.69) is 5.32 Å². The van der Waals surface area contributed by atoms with Gasteiger partial charge in [0.15, 0.2) is 0 Å². The fourth-order valence-corrected chi connectivity index (χ4v) is 2.49. The minimum absolute atomic E-state index is 0.112. The molecule has 1 heterocycles. The van der Waals surface area contributed by atoms with E-state index in [1.165, 1.54) is 6.07 Å². The van der Waals surface area contributed by atoms with Crippen molar-refractivity contribution in [3.8, 4) is 0 Å². The molecular weight excluding hydrogens is 298 g/mol. The Morgan fingerprint density at radius 3 is 3.05 bits per heavy atom. The summed E-state index contributed by atoms with van der Waals surface area (Å²) in [6, 6.07) is 3.85. The molecule has 21 heavy (non-hydrogen) atoms. The normalized spacial score (nSPS) is 18.4. The SMILES string of the molecule is CCOC(=O)C1CNCCN1c1ccc(Cl)cc1[N+](=O)[O-]. The molecule has 0 aliphatic carbocycles. The Morgan fingerprint density at radius 1 is 1.62 bits per heavy atom. The fraction of sp³-hybridized carbons (Fsp3) is 0.462. The largest absolute Gasteiger partial charge is 0.464 e. The number of halogens is 1. The number of carbonyl (C=O) groups is 1. The van der Waals surface area contributed by atoms with Gasteiger partial charge in [-0.05, 0) is 19.1 Å². The summed E-state index contributed by atoms with van der Waals surface area (Å²) in [7, 11) is 0. The zero-order valence-electron chi connectivity index (χ0n) is 11.5. The zero-order chi connectivity index (χ0) is 15.4. The number of nitro groups is 1. The molecule has 1 atom stereocenters. The Balaban J connectivity index is 2.37. The Labute approximate surface area is 127 Å². The summed E-state index contributed by atoms with van der Waals surface area (Å²) in [6.45, 7) is 3.50. The second-order valence-electron chi connectivity index (χ2n) is 4.56. The molecule has 1 unspecified atom stereocenters. The number of carbonyl (C=O) groups excluding carboxylic acids is 1. The van der Waals surface area contributed by atoms with Crippen LogP contribution in [0.1, 0.15) is 6.92 Å². The third-order valence-corrected chi connectivity index (χ3v) is 3.48. The molecule has 1 fully saturated rings. The number of nitro benzene ring substituents is 1. The Kier molecular flexibility index (Phi) is 4.98. The molecule has 0 bridgehead atoms. The lowest BCUT2D eigenvalue weighted by atomic mass is 10.1. The van der Waals surface area contributed by atoms with Crippen LogP contribution in [0.5, 0.6) is 0 Å². The van der Waals surface area contributed by atoms with Gasteiger partial charge in [-0.2, -0.15) is 0 Å².